The van der Waals surface area contributed by atoms with E-state index in [4.69, 9.17) is 10.2 Å². The molecule has 0 saturated carbocycles. The van der Waals surface area contributed by atoms with E-state index < -0.39 is 0 Å². The summed E-state index contributed by atoms with van der Waals surface area (Å²) in [6.45, 7) is 7.33. The molecule has 2 aromatic heterocycles. The number of hydrogen-bond donors (Lipinski definition) is 0. The largest absolute Gasteiger partial charge is 0.287 e. The van der Waals surface area contributed by atoms with Crippen molar-refractivity contribution in [1.29, 1.82) is 5.26 Å². The lowest BCUT2D eigenvalue weighted by Crippen LogP contribution is -2.25. The van der Waals surface area contributed by atoms with E-state index in [1.807, 2.05) is 4.57 Å². The molecule has 0 radical (unpaired) electrons. The van der Waals surface area contributed by atoms with Gasteiger partial charge in [0.05, 0.1) is 11.5 Å². The maximum atomic E-state index is 13.3. The molecule has 25 heavy (non-hydrogen) atoms. The lowest BCUT2D eigenvalue weighted by atomic mass is 9.89. The van der Waals surface area contributed by atoms with E-state index in [0.717, 1.165) is 41.1 Å². The number of aryl methyl sites for hydroxylation is 1. The molecule has 3 rings (SSSR count). The highest BCUT2D eigenvalue weighted by molar-refractivity contribution is 7.99. The van der Waals surface area contributed by atoms with E-state index in [1.165, 1.54) is 22.2 Å². The van der Waals surface area contributed by atoms with Crippen molar-refractivity contribution >= 4 is 33.3 Å². The van der Waals surface area contributed by atoms with Gasteiger partial charge in [0.1, 0.15) is 4.83 Å². The molecule has 0 aliphatic heterocycles. The first kappa shape index (κ1) is 18.5. The molecule has 0 aromatic carbocycles. The number of nitriles is 1. The number of rotatable bonds is 6. The zero-order chi connectivity index (χ0) is 18.0. The van der Waals surface area contributed by atoms with Gasteiger partial charge >= 0.3 is 0 Å². The minimum absolute atomic E-state index is 0.122. The van der Waals surface area contributed by atoms with Crippen LogP contribution in [0.2, 0.25) is 0 Å². The fourth-order valence-electron chi connectivity index (χ4n) is 3.29. The third kappa shape index (κ3) is 3.93. The van der Waals surface area contributed by atoms with Gasteiger partial charge < -0.3 is 0 Å². The second-order valence-corrected chi connectivity index (χ2v) is 9.47. The number of hydrogen-bond acceptors (Lipinski definition) is 5. The molecule has 1 atom stereocenters. The van der Waals surface area contributed by atoms with E-state index in [1.54, 1.807) is 11.3 Å². The smallest absolute Gasteiger partial charge is 0.263 e. The molecule has 1 aliphatic rings. The van der Waals surface area contributed by atoms with Crippen LogP contribution < -0.4 is 5.56 Å². The second kappa shape index (κ2) is 7.92. The van der Waals surface area contributed by atoms with Gasteiger partial charge in [0.15, 0.2) is 5.16 Å². The summed E-state index contributed by atoms with van der Waals surface area (Å²) < 4.78 is 1.86. The van der Waals surface area contributed by atoms with Gasteiger partial charge in [0.25, 0.3) is 5.56 Å². The van der Waals surface area contributed by atoms with E-state index in [9.17, 15) is 4.79 Å². The third-order valence-electron chi connectivity index (χ3n) is 4.76. The Hall–Kier alpha value is -1.32. The second-order valence-electron chi connectivity index (χ2n) is 7.32. The monoisotopic (exact) mass is 375 g/mol. The van der Waals surface area contributed by atoms with Gasteiger partial charge in [-0.25, -0.2) is 4.98 Å². The molecule has 2 aromatic rings. The molecule has 6 heteroatoms. The van der Waals surface area contributed by atoms with Gasteiger partial charge in [-0.1, -0.05) is 32.5 Å². The van der Waals surface area contributed by atoms with Crippen LogP contribution in [0.15, 0.2) is 9.95 Å². The highest BCUT2D eigenvalue weighted by Crippen LogP contribution is 2.36. The Balaban J connectivity index is 2.08. The van der Waals surface area contributed by atoms with E-state index in [2.05, 4.69) is 26.8 Å². The molecule has 0 bridgehead atoms. The molecule has 2 heterocycles. The molecular weight excluding hydrogens is 350 g/mol. The van der Waals surface area contributed by atoms with Gasteiger partial charge in [-0.15, -0.1) is 11.3 Å². The van der Waals surface area contributed by atoms with Gasteiger partial charge in [-0.2, -0.15) is 5.26 Å². The predicted molar refractivity (Wildman–Crippen MR) is 105 cm³/mol. The number of aromatic nitrogens is 2. The van der Waals surface area contributed by atoms with Gasteiger partial charge in [0.2, 0.25) is 0 Å². The quantitative estimate of drug-likeness (QED) is 0.419. The van der Waals surface area contributed by atoms with Crippen molar-refractivity contribution in [3.05, 3.63) is 20.8 Å². The van der Waals surface area contributed by atoms with Crippen LogP contribution in [0.3, 0.4) is 0 Å². The predicted octanol–water partition coefficient (Wildman–Crippen LogP) is 4.63. The number of thioether (sulfide) groups is 1. The summed E-state index contributed by atoms with van der Waals surface area (Å²) in [5, 5.41) is 10.4. The van der Waals surface area contributed by atoms with Crippen molar-refractivity contribution in [3.8, 4) is 6.07 Å². The summed E-state index contributed by atoms with van der Waals surface area (Å²) >= 11 is 3.24. The minimum atomic E-state index is 0.122. The molecule has 134 valence electrons. The Labute approximate surface area is 157 Å². The molecular formula is C19H25N3OS2. The van der Waals surface area contributed by atoms with Crippen LogP contribution in [0.1, 0.15) is 50.5 Å². The summed E-state index contributed by atoms with van der Waals surface area (Å²) in [5.41, 5.74) is 1.37. The van der Waals surface area contributed by atoms with Crippen LogP contribution in [0.25, 0.3) is 10.2 Å². The van der Waals surface area contributed by atoms with Crippen LogP contribution in [-0.4, -0.2) is 15.3 Å². The van der Waals surface area contributed by atoms with Crippen molar-refractivity contribution in [2.75, 3.05) is 5.75 Å². The average Bonchev–Trinajstić information content (AvgIpc) is 2.91. The van der Waals surface area contributed by atoms with E-state index in [0.29, 0.717) is 30.6 Å². The normalized spacial score (nSPS) is 17.0. The number of fused-ring (bicyclic) bond motifs is 3. The fraction of sp³-hybridized carbons (Fsp3) is 0.632. The summed E-state index contributed by atoms with van der Waals surface area (Å²) in [7, 11) is 0. The Kier molecular flexibility index (Phi) is 5.85. The van der Waals surface area contributed by atoms with Crippen LogP contribution in [0.5, 0.6) is 0 Å². The first-order chi connectivity index (χ1) is 12.0. The molecule has 0 fully saturated rings. The maximum Gasteiger partial charge on any atom is 0.263 e. The Bertz CT molecular complexity index is 860. The van der Waals surface area contributed by atoms with Crippen molar-refractivity contribution < 1.29 is 0 Å². The zero-order valence-corrected chi connectivity index (χ0v) is 16.8. The molecule has 0 N–H and O–H groups in total. The topological polar surface area (TPSA) is 58.7 Å². The molecule has 1 aliphatic carbocycles. The van der Waals surface area contributed by atoms with Crippen LogP contribution in [-0.2, 0) is 19.4 Å². The SMILES string of the molecule is CC(C)CCn1c(SCCC#N)nc2sc3c(c2c1=O)CCC(C)C3. The summed E-state index contributed by atoms with van der Waals surface area (Å²) in [5.74, 6) is 1.91. The lowest BCUT2D eigenvalue weighted by molar-refractivity contribution is 0.480. The van der Waals surface area contributed by atoms with Crippen molar-refractivity contribution in [1.82, 2.24) is 9.55 Å². The maximum absolute atomic E-state index is 13.3. The Morgan fingerprint density at radius 1 is 1.48 bits per heavy atom. The fourth-order valence-corrected chi connectivity index (χ4v) is 5.58. The minimum Gasteiger partial charge on any atom is -0.287 e. The first-order valence-electron chi connectivity index (χ1n) is 9.06. The van der Waals surface area contributed by atoms with Crippen LogP contribution in [0.4, 0.5) is 0 Å². The highest BCUT2D eigenvalue weighted by Gasteiger charge is 2.24. The first-order valence-corrected chi connectivity index (χ1v) is 10.9. The van der Waals surface area contributed by atoms with Crippen molar-refractivity contribution in [2.45, 2.75) is 64.6 Å². The number of thiophene rings is 1. The molecule has 1 unspecified atom stereocenters. The summed E-state index contributed by atoms with van der Waals surface area (Å²) in [4.78, 5) is 20.4. The van der Waals surface area contributed by atoms with Gasteiger partial charge in [0, 0.05) is 23.6 Å². The average molecular weight is 376 g/mol. The molecule has 4 nitrogen and oxygen atoms in total. The highest BCUT2D eigenvalue weighted by atomic mass is 32.2. The lowest BCUT2D eigenvalue weighted by Gasteiger charge is -2.18. The van der Waals surface area contributed by atoms with E-state index >= 15 is 0 Å². The zero-order valence-electron chi connectivity index (χ0n) is 15.2. The third-order valence-corrected chi connectivity index (χ3v) is 6.88. The van der Waals surface area contributed by atoms with Crippen molar-refractivity contribution in [2.24, 2.45) is 11.8 Å². The summed E-state index contributed by atoms with van der Waals surface area (Å²) in [6, 6.07) is 2.17. The standard InChI is InChI=1S/C19H25N3OS2/c1-12(2)7-9-22-18(23)16-14-6-5-13(3)11-15(14)25-17(16)21-19(22)24-10-4-8-20/h12-13H,4-7,9-11H2,1-3H3. The Morgan fingerprint density at radius 2 is 2.28 bits per heavy atom. The number of nitrogens with zero attached hydrogens (tertiary/aromatic N) is 3. The van der Waals surface area contributed by atoms with Crippen LogP contribution >= 0.6 is 23.1 Å². The van der Waals surface area contributed by atoms with Gasteiger partial charge in [-0.3, -0.25) is 9.36 Å². The van der Waals surface area contributed by atoms with E-state index in [-0.39, 0.29) is 5.56 Å². The van der Waals surface area contributed by atoms with Gasteiger partial charge in [-0.05, 0) is 43.1 Å². The van der Waals surface area contributed by atoms with Crippen molar-refractivity contribution in [3.63, 3.8) is 0 Å². The Morgan fingerprint density at radius 3 is 3.00 bits per heavy atom. The molecule has 0 spiro atoms. The molecule has 0 saturated heterocycles. The molecule has 0 amide bonds. The summed E-state index contributed by atoms with van der Waals surface area (Å²) in [6.07, 6.45) is 4.66. The van der Waals surface area contributed by atoms with Crippen LogP contribution in [0, 0.1) is 23.2 Å².